The predicted molar refractivity (Wildman–Crippen MR) is 123 cm³/mol. The topological polar surface area (TPSA) is 85.8 Å². The number of aryl methyl sites for hydroxylation is 2. The van der Waals surface area contributed by atoms with Gasteiger partial charge in [0.1, 0.15) is 5.82 Å². The molecule has 0 spiro atoms. The van der Waals surface area contributed by atoms with Gasteiger partial charge in [-0.25, -0.2) is 4.98 Å². The van der Waals surface area contributed by atoms with Crippen LogP contribution in [0, 0.1) is 5.92 Å². The molecule has 0 radical (unpaired) electrons. The molecule has 0 unspecified atom stereocenters. The minimum absolute atomic E-state index is 0.0223. The molecule has 9 heteroatoms. The number of nitrogens with one attached hydrogen (secondary N) is 1. The summed E-state index contributed by atoms with van der Waals surface area (Å²) in [5.74, 6) is 2.60. The number of halogens is 1. The number of hydrogen-bond donors (Lipinski definition) is 1. The molecule has 0 aliphatic rings. The molecule has 0 aliphatic heterocycles. The van der Waals surface area contributed by atoms with Gasteiger partial charge in [-0.15, -0.1) is 10.2 Å². The molecule has 2 heterocycles. The summed E-state index contributed by atoms with van der Waals surface area (Å²) in [6.45, 7) is 5.86. The summed E-state index contributed by atoms with van der Waals surface area (Å²) in [4.78, 5) is 16.4. The van der Waals surface area contributed by atoms with Gasteiger partial charge in [-0.3, -0.25) is 4.79 Å². The van der Waals surface area contributed by atoms with Crippen molar-refractivity contribution in [1.29, 1.82) is 0 Å². The molecule has 0 bridgehead atoms. The van der Waals surface area contributed by atoms with Gasteiger partial charge in [0.15, 0.2) is 16.8 Å². The lowest BCUT2D eigenvalue weighted by Crippen LogP contribution is -2.25. The largest absolute Gasteiger partial charge is 0.441 e. The van der Waals surface area contributed by atoms with Crippen LogP contribution in [0.1, 0.15) is 38.4 Å². The van der Waals surface area contributed by atoms with Crippen LogP contribution in [0.15, 0.2) is 40.0 Å². The van der Waals surface area contributed by atoms with Gasteiger partial charge in [-0.05, 0) is 30.7 Å². The summed E-state index contributed by atoms with van der Waals surface area (Å²) < 4.78 is 7.92. The second-order valence-electron chi connectivity index (χ2n) is 7.66. The number of carbonyl (C=O) groups excluding carboxylic acids is 1. The molecule has 0 atom stereocenters. The lowest BCUT2D eigenvalue weighted by molar-refractivity contribution is -0.121. The van der Waals surface area contributed by atoms with E-state index in [0.717, 1.165) is 35.9 Å². The summed E-state index contributed by atoms with van der Waals surface area (Å²) >= 11 is 7.80. The van der Waals surface area contributed by atoms with Crippen LogP contribution in [0.5, 0.6) is 0 Å². The zero-order chi connectivity index (χ0) is 22.2. The van der Waals surface area contributed by atoms with E-state index in [1.54, 1.807) is 24.0 Å². The van der Waals surface area contributed by atoms with E-state index in [4.69, 9.17) is 16.0 Å². The van der Waals surface area contributed by atoms with Crippen molar-refractivity contribution in [1.82, 2.24) is 25.1 Å². The van der Waals surface area contributed by atoms with Gasteiger partial charge in [0.05, 0.1) is 11.2 Å². The molecule has 0 saturated carbocycles. The second-order valence-corrected chi connectivity index (χ2v) is 8.84. The van der Waals surface area contributed by atoms with Crippen LogP contribution in [0.25, 0.3) is 11.3 Å². The standard InChI is InChI=1S/C22H28ClN5O2S/c1-15(2)14-28-19(26-27-22(28)31-3)9-6-12-24-20(29)10-11-21-25-13-18(30-21)16-7-4-5-8-17(16)23/h4-5,7-8,13,15H,6,9-12,14H2,1-3H3,(H,24,29). The molecule has 7 nitrogen and oxygen atoms in total. The van der Waals surface area contributed by atoms with Gasteiger partial charge in [-0.1, -0.05) is 49.3 Å². The molecule has 0 fully saturated rings. The number of oxazole rings is 1. The van der Waals surface area contributed by atoms with Gasteiger partial charge in [0, 0.05) is 37.9 Å². The zero-order valence-corrected chi connectivity index (χ0v) is 19.7. The molecular formula is C22H28ClN5O2S. The maximum atomic E-state index is 12.2. The number of nitrogens with zero attached hydrogens (tertiary/aromatic N) is 4. The molecule has 31 heavy (non-hydrogen) atoms. The monoisotopic (exact) mass is 461 g/mol. The third-order valence-corrected chi connectivity index (χ3v) is 5.68. The number of aromatic nitrogens is 4. The van der Waals surface area contributed by atoms with E-state index in [0.29, 0.717) is 42.0 Å². The quantitative estimate of drug-likeness (QED) is 0.330. The van der Waals surface area contributed by atoms with Crippen LogP contribution in [0.2, 0.25) is 5.02 Å². The summed E-state index contributed by atoms with van der Waals surface area (Å²) in [5.41, 5.74) is 0.794. The lowest BCUT2D eigenvalue weighted by Gasteiger charge is -2.11. The average molecular weight is 462 g/mol. The van der Waals surface area contributed by atoms with E-state index in [-0.39, 0.29) is 5.91 Å². The molecule has 166 valence electrons. The summed E-state index contributed by atoms with van der Waals surface area (Å²) in [5, 5.41) is 13.1. The third kappa shape index (κ3) is 6.58. The highest BCUT2D eigenvalue weighted by Gasteiger charge is 2.13. The molecule has 1 aromatic carbocycles. The SMILES string of the molecule is CSc1nnc(CCCNC(=O)CCc2ncc(-c3ccccc3Cl)o2)n1CC(C)C. The van der Waals surface area contributed by atoms with Gasteiger partial charge in [0.2, 0.25) is 5.91 Å². The minimum Gasteiger partial charge on any atom is -0.441 e. The van der Waals surface area contributed by atoms with Crippen LogP contribution in [-0.4, -0.2) is 38.5 Å². The van der Waals surface area contributed by atoms with Crippen molar-refractivity contribution >= 4 is 29.3 Å². The van der Waals surface area contributed by atoms with Crippen LogP contribution in [-0.2, 0) is 24.2 Å². The van der Waals surface area contributed by atoms with Crippen molar-refractivity contribution in [3.63, 3.8) is 0 Å². The van der Waals surface area contributed by atoms with Crippen molar-refractivity contribution < 1.29 is 9.21 Å². The number of amides is 1. The first kappa shape index (κ1) is 23.3. The minimum atomic E-state index is -0.0223. The van der Waals surface area contributed by atoms with Gasteiger partial charge < -0.3 is 14.3 Å². The van der Waals surface area contributed by atoms with E-state index >= 15 is 0 Å². The van der Waals surface area contributed by atoms with Gasteiger partial charge in [-0.2, -0.15) is 0 Å². The Morgan fingerprint density at radius 3 is 2.81 bits per heavy atom. The first-order valence-electron chi connectivity index (χ1n) is 10.4. The Morgan fingerprint density at radius 2 is 2.06 bits per heavy atom. The highest BCUT2D eigenvalue weighted by molar-refractivity contribution is 7.98. The van der Waals surface area contributed by atoms with Crippen molar-refractivity contribution in [3.05, 3.63) is 47.2 Å². The Balaban J connectivity index is 1.42. The maximum absolute atomic E-state index is 12.2. The molecule has 1 N–H and O–H groups in total. The Labute approximate surface area is 192 Å². The third-order valence-electron chi connectivity index (χ3n) is 4.68. The fourth-order valence-corrected chi connectivity index (χ4v) is 3.95. The van der Waals surface area contributed by atoms with E-state index in [2.05, 4.69) is 38.9 Å². The van der Waals surface area contributed by atoms with Crippen molar-refractivity contribution in [2.45, 2.75) is 51.2 Å². The second kappa shape index (κ2) is 11.3. The first-order valence-corrected chi connectivity index (χ1v) is 12.0. The smallest absolute Gasteiger partial charge is 0.220 e. The zero-order valence-electron chi connectivity index (χ0n) is 18.1. The Hall–Kier alpha value is -2.32. The van der Waals surface area contributed by atoms with Crippen molar-refractivity contribution in [2.75, 3.05) is 12.8 Å². The van der Waals surface area contributed by atoms with Crippen LogP contribution in [0.3, 0.4) is 0 Å². The van der Waals surface area contributed by atoms with Gasteiger partial charge >= 0.3 is 0 Å². The Morgan fingerprint density at radius 1 is 1.26 bits per heavy atom. The van der Waals surface area contributed by atoms with Crippen LogP contribution < -0.4 is 5.32 Å². The number of carbonyl (C=O) groups is 1. The molecule has 2 aromatic heterocycles. The summed E-state index contributed by atoms with van der Waals surface area (Å²) in [6.07, 6.45) is 6.01. The first-order chi connectivity index (χ1) is 15.0. The molecule has 3 aromatic rings. The van der Waals surface area contributed by atoms with E-state index in [9.17, 15) is 4.79 Å². The van der Waals surface area contributed by atoms with E-state index in [1.165, 1.54) is 0 Å². The highest BCUT2D eigenvalue weighted by Crippen LogP contribution is 2.28. The molecule has 3 rings (SSSR count). The van der Waals surface area contributed by atoms with E-state index in [1.807, 2.05) is 24.5 Å². The summed E-state index contributed by atoms with van der Waals surface area (Å²) in [6, 6.07) is 7.44. The molecule has 0 saturated heterocycles. The number of rotatable bonds is 11. The fourth-order valence-electron chi connectivity index (χ4n) is 3.20. The number of hydrogen-bond acceptors (Lipinski definition) is 6. The number of thioether (sulfide) groups is 1. The van der Waals surface area contributed by atoms with Crippen LogP contribution >= 0.6 is 23.4 Å². The number of benzene rings is 1. The van der Waals surface area contributed by atoms with Crippen molar-refractivity contribution in [2.24, 2.45) is 5.92 Å². The van der Waals surface area contributed by atoms with Gasteiger partial charge in [0.25, 0.3) is 0 Å². The van der Waals surface area contributed by atoms with Crippen molar-refractivity contribution in [3.8, 4) is 11.3 Å². The molecule has 0 aliphatic carbocycles. The normalized spacial score (nSPS) is 11.3. The molecular weight excluding hydrogens is 434 g/mol. The van der Waals surface area contributed by atoms with Crippen LogP contribution in [0.4, 0.5) is 0 Å². The summed E-state index contributed by atoms with van der Waals surface area (Å²) in [7, 11) is 0. The maximum Gasteiger partial charge on any atom is 0.220 e. The fraction of sp³-hybridized carbons (Fsp3) is 0.455. The Bertz CT molecular complexity index is 1000. The lowest BCUT2D eigenvalue weighted by atomic mass is 10.2. The predicted octanol–water partition coefficient (Wildman–Crippen LogP) is 4.65. The highest BCUT2D eigenvalue weighted by atomic mass is 35.5. The molecule has 1 amide bonds. The van der Waals surface area contributed by atoms with E-state index < -0.39 is 0 Å². The average Bonchev–Trinajstić information content (AvgIpc) is 3.37. The Kier molecular flexibility index (Phi) is 8.54.